The molecule has 0 aliphatic carbocycles. The number of benzene rings is 2. The first-order valence-electron chi connectivity index (χ1n) is 11.0. The van der Waals surface area contributed by atoms with Crippen molar-refractivity contribution in [1.29, 1.82) is 0 Å². The summed E-state index contributed by atoms with van der Waals surface area (Å²) in [6, 6.07) is 14.7. The van der Waals surface area contributed by atoms with Gasteiger partial charge in [-0.3, -0.25) is 5.43 Å². The summed E-state index contributed by atoms with van der Waals surface area (Å²) in [7, 11) is 3.10. The van der Waals surface area contributed by atoms with Gasteiger partial charge in [0.2, 0.25) is 0 Å². The molecule has 0 spiro atoms. The van der Waals surface area contributed by atoms with Crippen LogP contribution in [0.1, 0.15) is 44.7 Å². The maximum Gasteiger partial charge on any atom is 0.421 e. The fourth-order valence-corrected chi connectivity index (χ4v) is 3.25. The van der Waals surface area contributed by atoms with Gasteiger partial charge in [0.1, 0.15) is 18.2 Å². The topological polar surface area (TPSA) is 95.1 Å². The zero-order valence-corrected chi connectivity index (χ0v) is 20.0. The summed E-state index contributed by atoms with van der Waals surface area (Å²) in [5.41, 5.74) is 5.71. The zero-order chi connectivity index (χ0) is 24.3. The van der Waals surface area contributed by atoms with Gasteiger partial charge in [0, 0.05) is 6.42 Å². The Balaban J connectivity index is 2.14. The summed E-state index contributed by atoms with van der Waals surface area (Å²) in [4.78, 5) is 25.4. The first kappa shape index (κ1) is 26.0. The maximum atomic E-state index is 13.1. The van der Waals surface area contributed by atoms with Gasteiger partial charge in [-0.1, -0.05) is 50.2 Å². The fraction of sp³-hybridized carbons (Fsp3) is 0.440. The number of hydrogen-bond donors (Lipinski definition) is 2. The number of methoxy groups -OCH3 is 2. The van der Waals surface area contributed by atoms with Crippen LogP contribution in [0.4, 0.5) is 4.79 Å². The second-order valence-corrected chi connectivity index (χ2v) is 7.85. The Kier molecular flexibility index (Phi) is 10.00. The lowest BCUT2D eigenvalue weighted by molar-refractivity contribution is -0.157. The standard InChI is InChI=1S/C25H34N2O6/c1-6-20(7-2)33-23(28)25(3,16-19-13-14-21(30-4)22(15-19)31-5)27-26-24(29)32-17-18-11-9-8-10-12-18/h8-15,20,27H,6-7,16-17H2,1-5H3,(H,26,29)/t25-/m1/s1. The normalized spacial score (nSPS) is 12.5. The summed E-state index contributed by atoms with van der Waals surface area (Å²) in [6.45, 7) is 5.70. The molecule has 33 heavy (non-hydrogen) atoms. The highest BCUT2D eigenvalue weighted by Gasteiger charge is 2.37. The molecule has 0 bridgehead atoms. The van der Waals surface area contributed by atoms with Gasteiger partial charge in [0.15, 0.2) is 11.5 Å². The van der Waals surface area contributed by atoms with Crippen LogP contribution in [-0.4, -0.2) is 37.9 Å². The molecule has 0 saturated heterocycles. The van der Waals surface area contributed by atoms with Crippen molar-refractivity contribution in [3.05, 3.63) is 59.7 Å². The van der Waals surface area contributed by atoms with Crippen LogP contribution < -0.4 is 20.3 Å². The molecule has 180 valence electrons. The van der Waals surface area contributed by atoms with Crippen LogP contribution in [0.3, 0.4) is 0 Å². The van der Waals surface area contributed by atoms with Crippen LogP contribution in [0.25, 0.3) is 0 Å². The highest BCUT2D eigenvalue weighted by atomic mass is 16.6. The van der Waals surface area contributed by atoms with Gasteiger partial charge in [0.25, 0.3) is 0 Å². The Morgan fingerprint density at radius 2 is 1.61 bits per heavy atom. The number of hydrogen-bond acceptors (Lipinski definition) is 7. The third-order valence-corrected chi connectivity index (χ3v) is 5.29. The van der Waals surface area contributed by atoms with E-state index in [4.69, 9.17) is 18.9 Å². The SMILES string of the molecule is CCC(CC)OC(=O)[C@@](C)(Cc1ccc(OC)c(OC)c1)NNC(=O)OCc1ccccc1. The van der Waals surface area contributed by atoms with E-state index in [0.29, 0.717) is 24.3 Å². The third-order valence-electron chi connectivity index (χ3n) is 5.29. The average Bonchev–Trinajstić information content (AvgIpc) is 2.85. The number of amides is 1. The monoisotopic (exact) mass is 458 g/mol. The van der Waals surface area contributed by atoms with E-state index in [0.717, 1.165) is 11.1 Å². The molecule has 0 aliphatic rings. The second kappa shape index (κ2) is 12.7. The lowest BCUT2D eigenvalue weighted by Gasteiger charge is -2.30. The predicted octanol–water partition coefficient (Wildman–Crippen LogP) is 4.17. The molecule has 2 aromatic rings. The number of nitrogens with one attached hydrogen (secondary N) is 2. The van der Waals surface area contributed by atoms with Gasteiger partial charge in [-0.05, 0) is 43.0 Å². The molecule has 0 saturated carbocycles. The van der Waals surface area contributed by atoms with Crippen molar-refractivity contribution in [3.63, 3.8) is 0 Å². The minimum atomic E-state index is -1.26. The van der Waals surface area contributed by atoms with Crippen LogP contribution in [0, 0.1) is 0 Å². The summed E-state index contributed by atoms with van der Waals surface area (Å²) in [6.07, 6.45) is 0.704. The maximum absolute atomic E-state index is 13.1. The van der Waals surface area contributed by atoms with Gasteiger partial charge in [-0.25, -0.2) is 15.0 Å². The van der Waals surface area contributed by atoms with E-state index < -0.39 is 17.6 Å². The molecular weight excluding hydrogens is 424 g/mol. The Morgan fingerprint density at radius 1 is 0.939 bits per heavy atom. The average molecular weight is 459 g/mol. The largest absolute Gasteiger partial charge is 0.493 e. The van der Waals surface area contributed by atoms with Crippen LogP contribution in [0.5, 0.6) is 11.5 Å². The lowest BCUT2D eigenvalue weighted by Crippen LogP contribution is -2.59. The van der Waals surface area contributed by atoms with Gasteiger partial charge in [-0.15, -0.1) is 0 Å². The van der Waals surface area contributed by atoms with E-state index in [1.165, 1.54) is 0 Å². The van der Waals surface area contributed by atoms with Crippen molar-refractivity contribution in [3.8, 4) is 11.5 Å². The number of ether oxygens (including phenoxy) is 4. The van der Waals surface area contributed by atoms with Gasteiger partial charge in [0.05, 0.1) is 14.2 Å². The van der Waals surface area contributed by atoms with E-state index in [9.17, 15) is 9.59 Å². The summed E-state index contributed by atoms with van der Waals surface area (Å²) in [5, 5.41) is 0. The smallest absolute Gasteiger partial charge is 0.421 e. The molecule has 0 fully saturated rings. The molecule has 1 amide bonds. The molecule has 0 unspecified atom stereocenters. The van der Waals surface area contributed by atoms with Crippen LogP contribution >= 0.6 is 0 Å². The van der Waals surface area contributed by atoms with Crippen molar-refractivity contribution in [2.24, 2.45) is 0 Å². The molecule has 1 atom stereocenters. The van der Waals surface area contributed by atoms with E-state index in [1.54, 1.807) is 33.3 Å². The molecule has 0 heterocycles. The molecular formula is C25H34N2O6. The Labute approximate surface area is 195 Å². The van der Waals surface area contributed by atoms with Gasteiger partial charge >= 0.3 is 12.1 Å². The number of rotatable bonds is 12. The van der Waals surface area contributed by atoms with Crippen molar-refractivity contribution in [2.75, 3.05) is 14.2 Å². The molecule has 2 aromatic carbocycles. The first-order valence-corrected chi connectivity index (χ1v) is 11.0. The number of carbonyl (C=O) groups excluding carboxylic acids is 2. The van der Waals surface area contributed by atoms with E-state index in [1.807, 2.05) is 50.2 Å². The minimum absolute atomic E-state index is 0.110. The van der Waals surface area contributed by atoms with Gasteiger partial charge in [-0.2, -0.15) is 0 Å². The fourth-order valence-electron chi connectivity index (χ4n) is 3.25. The Morgan fingerprint density at radius 3 is 2.21 bits per heavy atom. The molecule has 0 aliphatic heterocycles. The van der Waals surface area contributed by atoms with Crippen LogP contribution in [0.15, 0.2) is 48.5 Å². The van der Waals surface area contributed by atoms with Crippen molar-refractivity contribution in [1.82, 2.24) is 10.9 Å². The van der Waals surface area contributed by atoms with Gasteiger partial charge < -0.3 is 18.9 Å². The van der Waals surface area contributed by atoms with E-state index in [-0.39, 0.29) is 19.1 Å². The summed E-state index contributed by atoms with van der Waals surface area (Å²) < 4.78 is 21.6. The van der Waals surface area contributed by atoms with Crippen LogP contribution in [-0.2, 0) is 27.3 Å². The quantitative estimate of drug-likeness (QED) is 0.364. The Bertz CT molecular complexity index is 901. The predicted molar refractivity (Wildman–Crippen MR) is 125 cm³/mol. The molecule has 2 rings (SSSR count). The number of hydrazine groups is 1. The highest BCUT2D eigenvalue weighted by Crippen LogP contribution is 2.29. The van der Waals surface area contributed by atoms with Crippen molar-refractivity contribution >= 4 is 12.1 Å². The van der Waals surface area contributed by atoms with Crippen molar-refractivity contribution in [2.45, 2.75) is 58.3 Å². The van der Waals surface area contributed by atoms with Crippen molar-refractivity contribution < 1.29 is 28.5 Å². The summed E-state index contributed by atoms with van der Waals surface area (Å²) >= 11 is 0. The molecule has 0 radical (unpaired) electrons. The minimum Gasteiger partial charge on any atom is -0.493 e. The summed E-state index contributed by atoms with van der Waals surface area (Å²) in [5.74, 6) is 0.647. The number of esters is 1. The number of carbonyl (C=O) groups is 2. The second-order valence-electron chi connectivity index (χ2n) is 7.85. The molecule has 0 aromatic heterocycles. The molecule has 8 nitrogen and oxygen atoms in total. The highest BCUT2D eigenvalue weighted by molar-refractivity contribution is 5.81. The van der Waals surface area contributed by atoms with E-state index in [2.05, 4.69) is 10.9 Å². The lowest BCUT2D eigenvalue weighted by atomic mass is 9.93. The molecule has 8 heteroatoms. The Hall–Kier alpha value is -3.26. The zero-order valence-electron chi connectivity index (χ0n) is 20.0. The van der Waals surface area contributed by atoms with Crippen LogP contribution in [0.2, 0.25) is 0 Å². The van der Waals surface area contributed by atoms with E-state index >= 15 is 0 Å². The first-order chi connectivity index (χ1) is 15.8. The molecule has 2 N–H and O–H groups in total. The third kappa shape index (κ3) is 7.68.